The van der Waals surface area contributed by atoms with Gasteiger partial charge in [-0.2, -0.15) is 0 Å². The summed E-state index contributed by atoms with van der Waals surface area (Å²) >= 11 is 0. The van der Waals surface area contributed by atoms with Crippen molar-refractivity contribution >= 4 is 28.7 Å². The van der Waals surface area contributed by atoms with Gasteiger partial charge in [-0.1, -0.05) is 25.1 Å². The van der Waals surface area contributed by atoms with E-state index in [1.165, 1.54) is 4.90 Å². The number of nitrogens with one attached hydrogen (secondary N) is 1. The van der Waals surface area contributed by atoms with Gasteiger partial charge in [-0.25, -0.2) is 9.37 Å². The summed E-state index contributed by atoms with van der Waals surface area (Å²) < 4.78 is 20.1. The van der Waals surface area contributed by atoms with Gasteiger partial charge >= 0.3 is 0 Å². The van der Waals surface area contributed by atoms with Gasteiger partial charge in [-0.3, -0.25) is 4.79 Å². The van der Waals surface area contributed by atoms with Crippen LogP contribution in [0, 0.1) is 12.7 Å². The number of pyridine rings is 1. The van der Waals surface area contributed by atoms with Gasteiger partial charge in [0.2, 0.25) is 6.41 Å². The first-order valence-electron chi connectivity index (χ1n) is 12.5. The minimum atomic E-state index is -0.780. The SMILES string of the molecule is Cc1cc([C@H](C)Nc2ccc3c(N)nccc3c2)ccc1[C@@H](C)COc1cc(F)c(O)c(CN(C)C=O)c1. The number of amides is 1. The number of nitrogens with two attached hydrogens (primary N) is 1. The molecule has 0 aliphatic carbocycles. The lowest BCUT2D eigenvalue weighted by atomic mass is 9.93. The smallest absolute Gasteiger partial charge is 0.209 e. The molecule has 8 heteroatoms. The van der Waals surface area contributed by atoms with Crippen LogP contribution >= 0.6 is 0 Å². The van der Waals surface area contributed by atoms with E-state index in [0.717, 1.165) is 39.2 Å². The summed E-state index contributed by atoms with van der Waals surface area (Å²) in [6.07, 6.45) is 2.33. The molecular formula is C30H33FN4O3. The zero-order valence-electron chi connectivity index (χ0n) is 22.0. The van der Waals surface area contributed by atoms with Gasteiger partial charge in [-0.15, -0.1) is 0 Å². The Labute approximate surface area is 222 Å². The number of aromatic hydroxyl groups is 1. The highest BCUT2D eigenvalue weighted by atomic mass is 19.1. The molecule has 0 saturated heterocycles. The third-order valence-corrected chi connectivity index (χ3v) is 6.72. The largest absolute Gasteiger partial charge is 0.505 e. The number of fused-ring (bicyclic) bond motifs is 1. The first-order valence-corrected chi connectivity index (χ1v) is 12.5. The van der Waals surface area contributed by atoms with Crippen LogP contribution in [-0.2, 0) is 11.3 Å². The fourth-order valence-electron chi connectivity index (χ4n) is 4.59. The molecule has 0 fully saturated rings. The molecule has 0 spiro atoms. The van der Waals surface area contributed by atoms with E-state index in [2.05, 4.69) is 55.3 Å². The molecule has 1 aromatic heterocycles. The number of carbonyl (C=O) groups is 1. The van der Waals surface area contributed by atoms with Crippen molar-refractivity contribution in [2.75, 3.05) is 24.7 Å². The van der Waals surface area contributed by atoms with E-state index in [-0.39, 0.29) is 24.1 Å². The van der Waals surface area contributed by atoms with Crippen molar-refractivity contribution in [3.8, 4) is 11.5 Å². The number of rotatable bonds is 10. The molecule has 0 aliphatic rings. The van der Waals surface area contributed by atoms with Gasteiger partial charge in [-0.05, 0) is 66.3 Å². The fourth-order valence-corrected chi connectivity index (χ4v) is 4.59. The summed E-state index contributed by atoms with van der Waals surface area (Å²) in [6, 6.07) is 17.2. The highest BCUT2D eigenvalue weighted by Gasteiger charge is 2.16. The molecule has 4 rings (SSSR count). The number of aromatic nitrogens is 1. The summed E-state index contributed by atoms with van der Waals surface area (Å²) in [7, 11) is 1.55. The number of aryl methyl sites for hydroxylation is 1. The quantitative estimate of drug-likeness (QED) is 0.227. The molecule has 0 radical (unpaired) electrons. The summed E-state index contributed by atoms with van der Waals surface area (Å²) in [5.74, 6) is -0.379. The van der Waals surface area contributed by atoms with Gasteiger partial charge in [0.15, 0.2) is 11.6 Å². The molecule has 7 nitrogen and oxygen atoms in total. The third-order valence-electron chi connectivity index (χ3n) is 6.72. The number of hydrogen-bond donors (Lipinski definition) is 3. The minimum absolute atomic E-state index is 0.0461. The number of halogens is 1. The number of carbonyl (C=O) groups excluding carboxylic acids is 1. The van der Waals surface area contributed by atoms with Crippen LogP contribution in [0.15, 0.2) is 60.8 Å². The highest BCUT2D eigenvalue weighted by Crippen LogP contribution is 2.31. The van der Waals surface area contributed by atoms with E-state index < -0.39 is 11.6 Å². The van der Waals surface area contributed by atoms with E-state index in [9.17, 15) is 14.3 Å². The van der Waals surface area contributed by atoms with Gasteiger partial charge in [0, 0.05) is 54.5 Å². The number of benzene rings is 3. The second-order valence-electron chi connectivity index (χ2n) is 9.76. The molecule has 3 aromatic carbocycles. The van der Waals surface area contributed by atoms with Gasteiger partial charge in [0.05, 0.1) is 6.61 Å². The van der Waals surface area contributed by atoms with Crippen molar-refractivity contribution < 1.29 is 19.0 Å². The fraction of sp³-hybridized carbons (Fsp3) is 0.267. The summed E-state index contributed by atoms with van der Waals surface area (Å²) in [5.41, 5.74) is 10.7. The molecule has 0 saturated carbocycles. The molecule has 0 unspecified atom stereocenters. The van der Waals surface area contributed by atoms with E-state index in [0.29, 0.717) is 24.6 Å². The molecule has 4 N–H and O–H groups in total. The maximum atomic E-state index is 14.2. The monoisotopic (exact) mass is 516 g/mol. The molecule has 1 amide bonds. The van der Waals surface area contributed by atoms with Crippen LogP contribution in [0.1, 0.15) is 48.1 Å². The number of phenolic OH excluding ortho intramolecular Hbond substituents is 1. The number of ether oxygens (including phenoxy) is 1. The van der Waals surface area contributed by atoms with E-state index in [1.54, 1.807) is 19.3 Å². The van der Waals surface area contributed by atoms with Crippen molar-refractivity contribution in [3.05, 3.63) is 88.9 Å². The Morgan fingerprint density at radius 3 is 2.68 bits per heavy atom. The van der Waals surface area contributed by atoms with Crippen LogP contribution in [0.25, 0.3) is 10.8 Å². The second kappa shape index (κ2) is 11.4. The third kappa shape index (κ3) is 5.96. The number of anilines is 2. The molecule has 1 heterocycles. The van der Waals surface area contributed by atoms with E-state index in [4.69, 9.17) is 10.5 Å². The van der Waals surface area contributed by atoms with Crippen molar-refractivity contribution in [2.45, 2.75) is 39.3 Å². The zero-order valence-corrected chi connectivity index (χ0v) is 22.0. The van der Waals surface area contributed by atoms with Gasteiger partial charge < -0.3 is 25.8 Å². The normalized spacial score (nSPS) is 12.7. The molecule has 0 bridgehead atoms. The predicted octanol–water partition coefficient (Wildman–Crippen LogP) is 5.91. The van der Waals surface area contributed by atoms with Crippen LogP contribution in [0.3, 0.4) is 0 Å². The lowest BCUT2D eigenvalue weighted by molar-refractivity contribution is -0.117. The Morgan fingerprint density at radius 1 is 1.16 bits per heavy atom. The maximum Gasteiger partial charge on any atom is 0.209 e. The lowest BCUT2D eigenvalue weighted by Gasteiger charge is -2.21. The van der Waals surface area contributed by atoms with Crippen LogP contribution in [-0.4, -0.2) is 35.1 Å². The Morgan fingerprint density at radius 2 is 1.95 bits per heavy atom. The minimum Gasteiger partial charge on any atom is -0.505 e. The number of nitrogens with zero attached hydrogens (tertiary/aromatic N) is 2. The van der Waals surface area contributed by atoms with Crippen LogP contribution in [0.4, 0.5) is 15.9 Å². The molecule has 2 atom stereocenters. The molecule has 198 valence electrons. The Kier molecular flexibility index (Phi) is 8.00. The topological polar surface area (TPSA) is 101 Å². The first kappa shape index (κ1) is 26.7. The van der Waals surface area contributed by atoms with Crippen molar-refractivity contribution in [1.29, 1.82) is 0 Å². The van der Waals surface area contributed by atoms with Gasteiger partial charge in [0.1, 0.15) is 11.6 Å². The van der Waals surface area contributed by atoms with E-state index >= 15 is 0 Å². The lowest BCUT2D eigenvalue weighted by Crippen LogP contribution is -2.15. The number of phenols is 1. The summed E-state index contributed by atoms with van der Waals surface area (Å²) in [5, 5.41) is 15.5. The van der Waals surface area contributed by atoms with Crippen LogP contribution in [0.5, 0.6) is 11.5 Å². The number of nitrogen functional groups attached to an aromatic ring is 1. The summed E-state index contributed by atoms with van der Waals surface area (Å²) in [4.78, 5) is 16.4. The molecular weight excluding hydrogens is 483 g/mol. The second-order valence-corrected chi connectivity index (χ2v) is 9.76. The average molecular weight is 517 g/mol. The van der Waals surface area contributed by atoms with Crippen molar-refractivity contribution in [3.63, 3.8) is 0 Å². The van der Waals surface area contributed by atoms with Gasteiger partial charge in [0.25, 0.3) is 0 Å². The molecule has 38 heavy (non-hydrogen) atoms. The summed E-state index contributed by atoms with van der Waals surface area (Å²) in [6.45, 7) is 6.65. The molecule has 4 aromatic rings. The van der Waals surface area contributed by atoms with Crippen molar-refractivity contribution in [2.24, 2.45) is 0 Å². The van der Waals surface area contributed by atoms with Crippen molar-refractivity contribution in [1.82, 2.24) is 9.88 Å². The highest BCUT2D eigenvalue weighted by molar-refractivity contribution is 5.92. The van der Waals surface area contributed by atoms with E-state index in [1.807, 2.05) is 18.2 Å². The van der Waals surface area contributed by atoms with Crippen LogP contribution in [0.2, 0.25) is 0 Å². The number of hydrogen-bond acceptors (Lipinski definition) is 6. The maximum absolute atomic E-state index is 14.2. The van der Waals surface area contributed by atoms with Crippen LogP contribution < -0.4 is 15.8 Å². The standard InChI is InChI=1S/C30H33FN4O3/c1-18-11-21(20(3)34-24-6-8-27-22(12-24)9-10-33-30(27)32)5-7-26(18)19(2)16-38-25-13-23(15-35(4)17-36)29(37)28(31)14-25/h5-14,17,19-20,34,37H,15-16H2,1-4H3,(H2,32,33)/t19-,20-/m0/s1. The average Bonchev–Trinajstić information content (AvgIpc) is 2.89. The molecule has 0 aliphatic heterocycles. The Bertz CT molecular complexity index is 1460. The Balaban J connectivity index is 1.42. The zero-order chi connectivity index (χ0) is 27.4. The first-order chi connectivity index (χ1) is 18.2. The predicted molar refractivity (Wildman–Crippen MR) is 149 cm³/mol. The Hall–Kier alpha value is -4.33.